The number of hydrogen-bond acceptors (Lipinski definition) is 4. The van der Waals surface area contributed by atoms with Gasteiger partial charge in [-0.25, -0.2) is 9.59 Å². The highest BCUT2D eigenvalue weighted by Crippen LogP contribution is 2.49. The van der Waals surface area contributed by atoms with E-state index in [4.69, 9.17) is 10.4 Å². The molecule has 2 saturated heterocycles. The van der Waals surface area contributed by atoms with Crippen molar-refractivity contribution < 1.29 is 24.6 Å². The Hall–Kier alpha value is -2.82. The summed E-state index contributed by atoms with van der Waals surface area (Å²) in [5.74, 6) is -1.99. The fraction of sp³-hybridized carbons (Fsp3) is 0.385. The highest BCUT2D eigenvalue weighted by atomic mass is 16.4. The number of carbonyl (C=O) groups is 3. The molecule has 108 valence electrons. The van der Waals surface area contributed by atoms with Crippen molar-refractivity contribution in [2.75, 3.05) is 6.54 Å². The van der Waals surface area contributed by atoms with Gasteiger partial charge < -0.3 is 10.2 Å². The molecule has 0 aliphatic carbocycles. The van der Waals surface area contributed by atoms with Crippen LogP contribution < -0.4 is 0 Å². The standard InChI is InChI=1S/C13H11N3O5/c14-4-1-2-6-7-3-5-15(13(20)21)10-8(7)16(11(10)17)9(6)12(18)19/h1-2,7-8,10H,3,5H2,(H,18,19)(H,20,21)/b2-1-/t7?,8-,10+/m1/s1. The number of hydrogen-bond donors (Lipinski definition) is 2. The summed E-state index contributed by atoms with van der Waals surface area (Å²) in [7, 11) is 0. The third-order valence-electron chi connectivity index (χ3n) is 4.24. The van der Waals surface area contributed by atoms with Gasteiger partial charge in [0.1, 0.15) is 11.7 Å². The van der Waals surface area contributed by atoms with E-state index in [1.807, 2.05) is 0 Å². The molecule has 0 aromatic rings. The first kappa shape index (κ1) is 13.2. The number of nitriles is 1. The quantitative estimate of drug-likeness (QED) is 0.545. The lowest BCUT2D eigenvalue weighted by Crippen LogP contribution is -2.73. The number of allylic oxidation sites excluding steroid dienone is 2. The van der Waals surface area contributed by atoms with E-state index in [-0.39, 0.29) is 18.2 Å². The number of piperidine rings is 1. The van der Waals surface area contributed by atoms with Crippen LogP contribution in [0.2, 0.25) is 0 Å². The Morgan fingerprint density at radius 1 is 1.38 bits per heavy atom. The van der Waals surface area contributed by atoms with Crippen molar-refractivity contribution in [2.24, 2.45) is 5.92 Å². The Bertz CT molecular complexity index is 659. The second-order valence-corrected chi connectivity index (χ2v) is 5.09. The highest BCUT2D eigenvalue weighted by molar-refractivity contribution is 6.03. The molecule has 1 unspecified atom stereocenters. The molecule has 3 aliphatic rings. The number of aliphatic carboxylic acids is 1. The van der Waals surface area contributed by atoms with E-state index in [0.29, 0.717) is 12.0 Å². The lowest BCUT2D eigenvalue weighted by molar-refractivity contribution is -0.161. The molecule has 3 aliphatic heterocycles. The fourth-order valence-corrected chi connectivity index (χ4v) is 3.48. The van der Waals surface area contributed by atoms with E-state index in [1.54, 1.807) is 6.07 Å². The largest absolute Gasteiger partial charge is 0.477 e. The van der Waals surface area contributed by atoms with Crippen LogP contribution in [0, 0.1) is 17.2 Å². The first-order valence-corrected chi connectivity index (χ1v) is 6.35. The molecule has 0 radical (unpaired) electrons. The highest BCUT2D eigenvalue weighted by Gasteiger charge is 2.64. The smallest absolute Gasteiger partial charge is 0.408 e. The molecule has 21 heavy (non-hydrogen) atoms. The lowest BCUT2D eigenvalue weighted by atomic mass is 9.78. The molecular weight excluding hydrogens is 278 g/mol. The number of nitrogens with zero attached hydrogens (tertiary/aromatic N) is 3. The van der Waals surface area contributed by atoms with E-state index in [2.05, 4.69) is 0 Å². The van der Waals surface area contributed by atoms with E-state index in [1.165, 1.54) is 12.2 Å². The van der Waals surface area contributed by atoms with Crippen molar-refractivity contribution in [3.05, 3.63) is 23.4 Å². The van der Waals surface area contributed by atoms with Gasteiger partial charge in [-0.15, -0.1) is 0 Å². The van der Waals surface area contributed by atoms with Gasteiger partial charge in [0.25, 0.3) is 5.91 Å². The van der Waals surface area contributed by atoms with Crippen LogP contribution in [0.25, 0.3) is 0 Å². The number of carboxylic acid groups (broad SMARTS) is 2. The van der Waals surface area contributed by atoms with Crippen molar-refractivity contribution in [1.82, 2.24) is 9.80 Å². The summed E-state index contributed by atoms with van der Waals surface area (Å²) >= 11 is 0. The van der Waals surface area contributed by atoms with E-state index >= 15 is 0 Å². The van der Waals surface area contributed by atoms with Crippen LogP contribution in [0.3, 0.4) is 0 Å². The molecule has 0 spiro atoms. The van der Waals surface area contributed by atoms with Gasteiger partial charge in [0.15, 0.2) is 0 Å². The number of likely N-dealkylation sites (tertiary alicyclic amines) is 1. The Morgan fingerprint density at radius 2 is 2.10 bits per heavy atom. The topological polar surface area (TPSA) is 122 Å². The lowest BCUT2D eigenvalue weighted by Gasteiger charge is -2.52. The maximum Gasteiger partial charge on any atom is 0.408 e. The third-order valence-corrected chi connectivity index (χ3v) is 4.24. The molecule has 2 N–H and O–H groups in total. The second-order valence-electron chi connectivity index (χ2n) is 5.09. The van der Waals surface area contributed by atoms with Crippen molar-refractivity contribution in [2.45, 2.75) is 18.5 Å². The molecule has 3 rings (SSSR count). The van der Waals surface area contributed by atoms with Gasteiger partial charge in [-0.3, -0.25) is 14.6 Å². The zero-order chi connectivity index (χ0) is 15.3. The maximum atomic E-state index is 12.1. The molecule has 0 bridgehead atoms. The summed E-state index contributed by atoms with van der Waals surface area (Å²) in [6.07, 6.45) is 1.84. The molecule has 8 nitrogen and oxygen atoms in total. The van der Waals surface area contributed by atoms with Gasteiger partial charge in [-0.05, 0) is 18.1 Å². The molecule has 0 aromatic heterocycles. The van der Waals surface area contributed by atoms with Crippen LogP contribution in [0.5, 0.6) is 0 Å². The second kappa shape index (κ2) is 4.34. The minimum absolute atomic E-state index is 0.134. The first-order valence-electron chi connectivity index (χ1n) is 6.35. The van der Waals surface area contributed by atoms with Gasteiger partial charge in [0, 0.05) is 18.5 Å². The zero-order valence-electron chi connectivity index (χ0n) is 10.8. The number of rotatable bonds is 2. The molecule has 0 saturated carbocycles. The van der Waals surface area contributed by atoms with E-state index in [0.717, 1.165) is 9.80 Å². The molecule has 2 amide bonds. The molecule has 3 heterocycles. The Labute approximate surface area is 119 Å². The van der Waals surface area contributed by atoms with Gasteiger partial charge in [0.05, 0.1) is 12.1 Å². The molecule has 8 heteroatoms. The summed E-state index contributed by atoms with van der Waals surface area (Å²) in [5.41, 5.74) is 0.292. The van der Waals surface area contributed by atoms with Gasteiger partial charge in [-0.1, -0.05) is 0 Å². The monoisotopic (exact) mass is 289 g/mol. The van der Waals surface area contributed by atoms with Gasteiger partial charge in [0.2, 0.25) is 0 Å². The fourth-order valence-electron chi connectivity index (χ4n) is 3.48. The normalized spacial score (nSPS) is 30.2. The number of carbonyl (C=O) groups excluding carboxylic acids is 1. The Balaban J connectivity index is 2.04. The molecular formula is C13H11N3O5. The van der Waals surface area contributed by atoms with Crippen molar-refractivity contribution in [3.8, 4) is 6.07 Å². The van der Waals surface area contributed by atoms with Crippen LogP contribution in [-0.4, -0.2) is 56.6 Å². The minimum Gasteiger partial charge on any atom is -0.477 e. The van der Waals surface area contributed by atoms with E-state index < -0.39 is 30.1 Å². The summed E-state index contributed by atoms with van der Waals surface area (Å²) < 4.78 is 0. The van der Waals surface area contributed by atoms with Crippen LogP contribution in [0.4, 0.5) is 4.79 Å². The Morgan fingerprint density at radius 3 is 2.67 bits per heavy atom. The van der Waals surface area contributed by atoms with Crippen LogP contribution >= 0.6 is 0 Å². The maximum absolute atomic E-state index is 12.1. The number of amides is 2. The molecule has 0 aromatic carbocycles. The Kier molecular flexibility index (Phi) is 2.73. The number of β-lactam (4-membered cyclic amide) rings is 1. The van der Waals surface area contributed by atoms with Gasteiger partial charge in [-0.2, -0.15) is 5.26 Å². The molecule has 3 atom stereocenters. The van der Waals surface area contributed by atoms with E-state index in [9.17, 15) is 19.5 Å². The summed E-state index contributed by atoms with van der Waals surface area (Å²) in [6.45, 7) is 0.178. The minimum atomic E-state index is -1.24. The van der Waals surface area contributed by atoms with Crippen molar-refractivity contribution in [3.63, 3.8) is 0 Å². The van der Waals surface area contributed by atoms with Crippen LogP contribution in [0.15, 0.2) is 23.4 Å². The summed E-state index contributed by atoms with van der Waals surface area (Å²) in [5, 5.41) is 27.1. The van der Waals surface area contributed by atoms with Crippen LogP contribution in [-0.2, 0) is 9.59 Å². The molecule has 2 fully saturated rings. The number of carboxylic acids is 1. The SMILES string of the molecule is N#C/C=C\C1=C(C(=O)O)N2C(=O)[C@@H]3[C@H]2C1CCN3C(=O)O. The average molecular weight is 289 g/mol. The zero-order valence-corrected chi connectivity index (χ0v) is 10.8. The third kappa shape index (κ3) is 1.57. The van der Waals surface area contributed by atoms with Gasteiger partial charge >= 0.3 is 12.1 Å². The summed E-state index contributed by atoms with van der Waals surface area (Å²) in [4.78, 5) is 36.9. The van der Waals surface area contributed by atoms with Crippen LogP contribution in [0.1, 0.15) is 6.42 Å². The predicted octanol–water partition coefficient (Wildman–Crippen LogP) is -0.00222. The first-order chi connectivity index (χ1) is 9.99. The van der Waals surface area contributed by atoms with Crippen molar-refractivity contribution >= 4 is 18.0 Å². The predicted molar refractivity (Wildman–Crippen MR) is 66.7 cm³/mol. The van der Waals surface area contributed by atoms with Crippen molar-refractivity contribution in [1.29, 1.82) is 5.26 Å². The summed E-state index contributed by atoms with van der Waals surface area (Å²) in [6, 6.07) is 0.519. The average Bonchev–Trinajstić information content (AvgIpc) is 2.76.